The van der Waals surface area contributed by atoms with Crippen molar-refractivity contribution < 1.29 is 19.1 Å². The number of amides is 2. The van der Waals surface area contributed by atoms with Crippen molar-refractivity contribution in [3.8, 4) is 0 Å². The standard InChI is InChI=1S/C20H22N2O4/c1-14(20(25)22-17-11-7-4-8-12-17)26-19(24)13-18(21-15(2)23)16-9-5-3-6-10-16/h3-12,14,18H,13H2,1-2H3,(H,21,23)(H,22,25)/t14-,18+/m1/s1. The molecule has 6 nitrogen and oxygen atoms in total. The van der Waals surface area contributed by atoms with E-state index >= 15 is 0 Å². The van der Waals surface area contributed by atoms with E-state index in [-0.39, 0.29) is 12.3 Å². The van der Waals surface area contributed by atoms with Crippen LogP contribution in [0.1, 0.15) is 31.9 Å². The maximum atomic E-state index is 12.2. The van der Waals surface area contributed by atoms with Gasteiger partial charge in [-0.1, -0.05) is 48.5 Å². The van der Waals surface area contributed by atoms with Crippen molar-refractivity contribution in [1.82, 2.24) is 5.32 Å². The normalized spacial score (nSPS) is 12.5. The Bertz CT molecular complexity index is 747. The molecule has 0 aliphatic heterocycles. The number of anilines is 1. The van der Waals surface area contributed by atoms with Crippen molar-refractivity contribution in [2.75, 3.05) is 5.32 Å². The Hall–Kier alpha value is -3.15. The molecule has 2 aromatic carbocycles. The van der Waals surface area contributed by atoms with Crippen LogP contribution in [-0.4, -0.2) is 23.9 Å². The molecule has 2 N–H and O–H groups in total. The number of carbonyl (C=O) groups is 3. The molecule has 136 valence electrons. The molecule has 0 aliphatic carbocycles. The zero-order chi connectivity index (χ0) is 18.9. The molecule has 2 amide bonds. The third kappa shape index (κ3) is 6.05. The molecule has 0 unspecified atom stereocenters. The first-order valence-corrected chi connectivity index (χ1v) is 8.33. The van der Waals surface area contributed by atoms with Gasteiger partial charge in [-0.05, 0) is 24.6 Å². The third-order valence-electron chi connectivity index (χ3n) is 3.67. The van der Waals surface area contributed by atoms with Crippen LogP contribution < -0.4 is 10.6 Å². The highest BCUT2D eigenvalue weighted by Gasteiger charge is 2.22. The quantitative estimate of drug-likeness (QED) is 0.749. The van der Waals surface area contributed by atoms with Crippen molar-refractivity contribution in [2.45, 2.75) is 32.4 Å². The lowest BCUT2D eigenvalue weighted by Gasteiger charge is -2.19. The Morgan fingerprint density at radius 3 is 2.12 bits per heavy atom. The van der Waals surface area contributed by atoms with Crippen LogP contribution in [0.2, 0.25) is 0 Å². The molecule has 2 atom stereocenters. The minimum atomic E-state index is -0.948. The number of carbonyl (C=O) groups excluding carboxylic acids is 3. The number of nitrogens with one attached hydrogen (secondary N) is 2. The summed E-state index contributed by atoms with van der Waals surface area (Å²) in [5.41, 5.74) is 1.42. The second-order valence-corrected chi connectivity index (χ2v) is 5.86. The monoisotopic (exact) mass is 354 g/mol. The average molecular weight is 354 g/mol. The fourth-order valence-corrected chi connectivity index (χ4v) is 2.41. The van der Waals surface area contributed by atoms with Gasteiger partial charge in [0.1, 0.15) is 0 Å². The highest BCUT2D eigenvalue weighted by Crippen LogP contribution is 2.18. The molecule has 26 heavy (non-hydrogen) atoms. The lowest BCUT2D eigenvalue weighted by atomic mass is 10.0. The highest BCUT2D eigenvalue weighted by atomic mass is 16.5. The molecule has 0 heterocycles. The summed E-state index contributed by atoms with van der Waals surface area (Å²) in [6, 6.07) is 17.5. The summed E-state index contributed by atoms with van der Waals surface area (Å²) in [6.45, 7) is 2.89. The van der Waals surface area contributed by atoms with E-state index in [4.69, 9.17) is 4.74 Å². The van der Waals surface area contributed by atoms with Gasteiger partial charge in [0.05, 0.1) is 12.5 Å². The molecular weight excluding hydrogens is 332 g/mol. The van der Waals surface area contributed by atoms with Crippen LogP contribution in [0.4, 0.5) is 5.69 Å². The van der Waals surface area contributed by atoms with E-state index in [1.165, 1.54) is 13.8 Å². The second-order valence-electron chi connectivity index (χ2n) is 5.86. The van der Waals surface area contributed by atoms with Gasteiger partial charge in [-0.3, -0.25) is 14.4 Å². The predicted molar refractivity (Wildman–Crippen MR) is 98.2 cm³/mol. The third-order valence-corrected chi connectivity index (χ3v) is 3.67. The molecule has 2 rings (SSSR count). The number of para-hydroxylation sites is 1. The number of benzene rings is 2. The smallest absolute Gasteiger partial charge is 0.309 e. The number of hydrogen-bond donors (Lipinski definition) is 2. The molecule has 0 spiro atoms. The van der Waals surface area contributed by atoms with Crippen LogP contribution in [0.25, 0.3) is 0 Å². The molecule has 0 aromatic heterocycles. The van der Waals surface area contributed by atoms with Crippen molar-refractivity contribution in [2.24, 2.45) is 0 Å². The van der Waals surface area contributed by atoms with Crippen LogP contribution in [-0.2, 0) is 19.1 Å². The van der Waals surface area contributed by atoms with Crippen LogP contribution in [0, 0.1) is 0 Å². The molecule has 0 saturated carbocycles. The molecule has 0 bridgehead atoms. The SMILES string of the molecule is CC(=O)N[C@@H](CC(=O)O[C@H](C)C(=O)Nc1ccccc1)c1ccccc1. The van der Waals surface area contributed by atoms with E-state index in [0.717, 1.165) is 5.56 Å². The summed E-state index contributed by atoms with van der Waals surface area (Å²) in [5, 5.41) is 5.41. The zero-order valence-electron chi connectivity index (χ0n) is 14.8. The largest absolute Gasteiger partial charge is 0.452 e. The van der Waals surface area contributed by atoms with Crippen molar-refractivity contribution in [3.05, 3.63) is 66.2 Å². The Balaban J connectivity index is 1.94. The van der Waals surface area contributed by atoms with Gasteiger partial charge in [-0.2, -0.15) is 0 Å². The summed E-state index contributed by atoms with van der Waals surface area (Å²) in [5.74, 6) is -1.23. The number of rotatable bonds is 7. The van der Waals surface area contributed by atoms with E-state index < -0.39 is 24.0 Å². The summed E-state index contributed by atoms with van der Waals surface area (Å²) >= 11 is 0. The average Bonchev–Trinajstić information content (AvgIpc) is 2.62. The zero-order valence-corrected chi connectivity index (χ0v) is 14.8. The van der Waals surface area contributed by atoms with E-state index in [2.05, 4.69) is 10.6 Å². The van der Waals surface area contributed by atoms with Gasteiger partial charge in [0.15, 0.2) is 6.10 Å². The van der Waals surface area contributed by atoms with Crippen LogP contribution in [0.3, 0.4) is 0 Å². The summed E-state index contributed by atoms with van der Waals surface area (Å²) in [6.07, 6.45) is -1.01. The molecular formula is C20H22N2O4. The first-order chi connectivity index (χ1) is 12.5. The number of ether oxygens (including phenoxy) is 1. The van der Waals surface area contributed by atoms with Gasteiger partial charge in [0.25, 0.3) is 5.91 Å². The topological polar surface area (TPSA) is 84.5 Å². The van der Waals surface area contributed by atoms with Crippen LogP contribution in [0.5, 0.6) is 0 Å². The highest BCUT2D eigenvalue weighted by molar-refractivity contribution is 5.95. The minimum absolute atomic E-state index is 0.0629. The van der Waals surface area contributed by atoms with Crippen LogP contribution >= 0.6 is 0 Å². The Morgan fingerprint density at radius 2 is 1.54 bits per heavy atom. The fourth-order valence-electron chi connectivity index (χ4n) is 2.41. The lowest BCUT2D eigenvalue weighted by molar-refractivity contribution is -0.153. The van der Waals surface area contributed by atoms with Crippen molar-refractivity contribution in [3.63, 3.8) is 0 Å². The van der Waals surface area contributed by atoms with Gasteiger partial charge in [0, 0.05) is 12.6 Å². The molecule has 0 fully saturated rings. The Morgan fingerprint density at radius 1 is 0.962 bits per heavy atom. The van der Waals surface area contributed by atoms with E-state index in [1.54, 1.807) is 24.3 Å². The van der Waals surface area contributed by atoms with Crippen molar-refractivity contribution in [1.29, 1.82) is 0 Å². The minimum Gasteiger partial charge on any atom is -0.452 e. The Kier molecular flexibility index (Phi) is 6.91. The number of hydrogen-bond acceptors (Lipinski definition) is 4. The molecule has 0 radical (unpaired) electrons. The van der Waals surface area contributed by atoms with Gasteiger partial charge in [-0.15, -0.1) is 0 Å². The molecule has 2 aromatic rings. The Labute approximate surface area is 152 Å². The molecule has 0 saturated heterocycles. The predicted octanol–water partition coefficient (Wildman–Crippen LogP) is 2.82. The van der Waals surface area contributed by atoms with E-state index in [1.807, 2.05) is 36.4 Å². The van der Waals surface area contributed by atoms with Gasteiger partial charge < -0.3 is 15.4 Å². The summed E-state index contributed by atoms with van der Waals surface area (Å²) < 4.78 is 5.22. The van der Waals surface area contributed by atoms with Gasteiger partial charge in [-0.25, -0.2) is 0 Å². The first-order valence-electron chi connectivity index (χ1n) is 8.33. The summed E-state index contributed by atoms with van der Waals surface area (Å²) in [7, 11) is 0. The maximum Gasteiger partial charge on any atom is 0.309 e. The van der Waals surface area contributed by atoms with Crippen LogP contribution in [0.15, 0.2) is 60.7 Å². The number of esters is 1. The van der Waals surface area contributed by atoms with Gasteiger partial charge >= 0.3 is 5.97 Å². The summed E-state index contributed by atoms with van der Waals surface area (Å²) in [4.78, 5) is 35.8. The first kappa shape index (κ1) is 19.2. The van der Waals surface area contributed by atoms with E-state index in [9.17, 15) is 14.4 Å². The maximum absolute atomic E-state index is 12.2. The second kappa shape index (κ2) is 9.36. The molecule has 0 aliphatic rings. The fraction of sp³-hybridized carbons (Fsp3) is 0.250. The lowest BCUT2D eigenvalue weighted by Crippen LogP contribution is -2.33. The van der Waals surface area contributed by atoms with Crippen molar-refractivity contribution >= 4 is 23.5 Å². The molecule has 6 heteroatoms. The van der Waals surface area contributed by atoms with E-state index in [0.29, 0.717) is 5.69 Å². The van der Waals surface area contributed by atoms with Gasteiger partial charge in [0.2, 0.25) is 5.91 Å².